The van der Waals surface area contributed by atoms with Gasteiger partial charge in [0.2, 0.25) is 15.9 Å². The predicted molar refractivity (Wildman–Crippen MR) is 146 cm³/mol. The van der Waals surface area contributed by atoms with Crippen molar-refractivity contribution in [3.8, 4) is 11.6 Å². The molecule has 0 saturated carbocycles. The number of ether oxygens (including phenoxy) is 1. The maximum atomic E-state index is 13.5. The number of pyridine rings is 2. The van der Waals surface area contributed by atoms with Crippen LogP contribution in [0.1, 0.15) is 45.2 Å². The Labute approximate surface area is 222 Å². The quantitative estimate of drug-likeness (QED) is 0.360. The third kappa shape index (κ3) is 5.23. The van der Waals surface area contributed by atoms with Crippen LogP contribution in [0.15, 0.2) is 70.5 Å². The van der Waals surface area contributed by atoms with Gasteiger partial charge < -0.3 is 4.74 Å². The zero-order chi connectivity index (χ0) is 27.1. The van der Waals surface area contributed by atoms with Gasteiger partial charge in [-0.05, 0) is 48.6 Å². The summed E-state index contributed by atoms with van der Waals surface area (Å²) in [5.74, 6) is 0.885. The lowest BCUT2D eigenvalue weighted by molar-refractivity contribution is 0.312. The van der Waals surface area contributed by atoms with Crippen LogP contribution in [0.3, 0.4) is 0 Å². The van der Waals surface area contributed by atoms with Crippen molar-refractivity contribution in [2.45, 2.75) is 51.0 Å². The fourth-order valence-electron chi connectivity index (χ4n) is 4.88. The fourth-order valence-corrected chi connectivity index (χ4v) is 6.35. The molecule has 1 aliphatic rings. The molecule has 10 heteroatoms. The highest BCUT2D eigenvalue weighted by molar-refractivity contribution is 7.89. The molecule has 3 aromatic heterocycles. The van der Waals surface area contributed by atoms with Gasteiger partial charge in [0.1, 0.15) is 10.6 Å². The molecule has 0 aliphatic carbocycles. The summed E-state index contributed by atoms with van der Waals surface area (Å²) in [6.07, 6.45) is 2.88. The first kappa shape index (κ1) is 26.1. The van der Waals surface area contributed by atoms with Crippen molar-refractivity contribution in [2.24, 2.45) is 12.5 Å². The lowest BCUT2D eigenvalue weighted by atomic mass is 9.95. The minimum Gasteiger partial charge on any atom is -0.439 e. The van der Waals surface area contributed by atoms with E-state index in [1.54, 1.807) is 22.2 Å². The second-order valence-electron chi connectivity index (χ2n) is 11.0. The summed E-state index contributed by atoms with van der Waals surface area (Å²) in [5, 5.41) is 0. The van der Waals surface area contributed by atoms with Gasteiger partial charge in [-0.15, -0.1) is 0 Å². The third-order valence-electron chi connectivity index (χ3n) is 6.75. The number of imidazole rings is 1. The minimum absolute atomic E-state index is 0.0598. The van der Waals surface area contributed by atoms with Gasteiger partial charge in [-0.2, -0.15) is 4.31 Å². The van der Waals surface area contributed by atoms with Gasteiger partial charge in [0.25, 0.3) is 0 Å². The van der Waals surface area contributed by atoms with E-state index < -0.39 is 10.0 Å². The third-order valence-corrected chi connectivity index (χ3v) is 8.60. The molecule has 0 bridgehead atoms. The first-order chi connectivity index (χ1) is 18.0. The number of benzene rings is 1. The summed E-state index contributed by atoms with van der Waals surface area (Å²) in [4.78, 5) is 22.1. The maximum Gasteiger partial charge on any atom is 0.330 e. The van der Waals surface area contributed by atoms with Crippen molar-refractivity contribution in [1.29, 1.82) is 0 Å². The number of piperidine rings is 1. The molecule has 5 rings (SSSR count). The SMILES string of the molecule is Cn1c(=O)n(CC(C)(C)C)c2ccc(C3CCCN(S(=O)(=O)c4ccc(Oc5ccccc5)nc4)C3)nc21. The molecule has 1 atom stereocenters. The second-order valence-corrected chi connectivity index (χ2v) is 13.0. The first-order valence-corrected chi connectivity index (χ1v) is 14.2. The van der Waals surface area contributed by atoms with Crippen molar-refractivity contribution >= 4 is 21.2 Å². The van der Waals surface area contributed by atoms with Crippen molar-refractivity contribution in [2.75, 3.05) is 13.1 Å². The normalized spacial score (nSPS) is 17.1. The number of nitrogens with zero attached hydrogens (tertiary/aromatic N) is 5. The molecule has 4 aromatic rings. The zero-order valence-corrected chi connectivity index (χ0v) is 23.0. The molecule has 9 nitrogen and oxygen atoms in total. The number of rotatable bonds is 6. The molecule has 0 N–H and O–H groups in total. The smallest absolute Gasteiger partial charge is 0.330 e. The van der Waals surface area contributed by atoms with E-state index in [9.17, 15) is 13.2 Å². The van der Waals surface area contributed by atoms with Gasteiger partial charge in [-0.3, -0.25) is 9.13 Å². The van der Waals surface area contributed by atoms with Crippen LogP contribution in [0.4, 0.5) is 0 Å². The Kier molecular flexibility index (Phi) is 6.87. The standard InChI is InChI=1S/C28H33N5O4S/c1-28(2,3)19-33-24-14-13-23(30-26(24)31(4)27(33)34)20-9-8-16-32(18-20)38(35,36)22-12-15-25(29-17-22)37-21-10-6-5-7-11-21/h5-7,10-15,17,20H,8-9,16,18-19H2,1-4H3. The summed E-state index contributed by atoms with van der Waals surface area (Å²) in [5.41, 5.74) is 2.05. The van der Waals surface area contributed by atoms with Crippen molar-refractivity contribution in [1.82, 2.24) is 23.4 Å². The van der Waals surface area contributed by atoms with E-state index in [0.29, 0.717) is 36.9 Å². The molecule has 0 radical (unpaired) electrons. The molecule has 4 heterocycles. The van der Waals surface area contributed by atoms with E-state index >= 15 is 0 Å². The Morgan fingerprint density at radius 1 is 1.05 bits per heavy atom. The van der Waals surface area contributed by atoms with E-state index in [2.05, 4.69) is 25.8 Å². The molecule has 1 aliphatic heterocycles. The van der Waals surface area contributed by atoms with Crippen LogP contribution in [0.5, 0.6) is 11.6 Å². The summed E-state index contributed by atoms with van der Waals surface area (Å²) in [7, 11) is -2.01. The highest BCUT2D eigenvalue weighted by Gasteiger charge is 2.32. The predicted octanol–water partition coefficient (Wildman–Crippen LogP) is 4.54. The number of aryl methyl sites for hydroxylation is 1. The first-order valence-electron chi connectivity index (χ1n) is 12.8. The van der Waals surface area contributed by atoms with E-state index in [4.69, 9.17) is 9.72 Å². The molecular formula is C28H33N5O4S. The van der Waals surface area contributed by atoms with Crippen LogP contribution >= 0.6 is 0 Å². The second kappa shape index (κ2) is 9.99. The Morgan fingerprint density at radius 3 is 2.50 bits per heavy atom. The Hall–Kier alpha value is -3.50. The Morgan fingerprint density at radius 2 is 1.82 bits per heavy atom. The Balaban J connectivity index is 1.36. The summed E-state index contributed by atoms with van der Waals surface area (Å²) >= 11 is 0. The Bertz CT molecular complexity index is 1600. The van der Waals surface area contributed by atoms with Crippen molar-refractivity contribution < 1.29 is 13.2 Å². The topological polar surface area (TPSA) is 99.3 Å². The molecule has 1 aromatic carbocycles. The lowest BCUT2D eigenvalue weighted by Crippen LogP contribution is -2.39. The summed E-state index contributed by atoms with van der Waals surface area (Å²) in [6, 6.07) is 16.2. The van der Waals surface area contributed by atoms with Gasteiger partial charge >= 0.3 is 5.69 Å². The molecule has 200 valence electrons. The molecular weight excluding hydrogens is 502 g/mol. The van der Waals surface area contributed by atoms with E-state index in [1.807, 2.05) is 42.5 Å². The molecule has 0 amide bonds. The molecule has 0 spiro atoms. The zero-order valence-electron chi connectivity index (χ0n) is 22.2. The number of fused-ring (bicyclic) bond motifs is 1. The van der Waals surface area contributed by atoms with Crippen LogP contribution < -0.4 is 10.4 Å². The molecule has 1 fully saturated rings. The van der Waals surface area contributed by atoms with Gasteiger partial charge in [-0.25, -0.2) is 23.2 Å². The van der Waals surface area contributed by atoms with Crippen LogP contribution in [-0.4, -0.2) is 44.9 Å². The molecule has 1 saturated heterocycles. The monoisotopic (exact) mass is 535 g/mol. The van der Waals surface area contributed by atoms with Crippen LogP contribution in [0.25, 0.3) is 11.2 Å². The van der Waals surface area contributed by atoms with Crippen LogP contribution in [-0.2, 0) is 23.6 Å². The van der Waals surface area contributed by atoms with E-state index in [-0.39, 0.29) is 21.9 Å². The summed E-state index contributed by atoms with van der Waals surface area (Å²) < 4.78 is 37.5. The average Bonchev–Trinajstić information content (AvgIpc) is 3.13. The van der Waals surface area contributed by atoms with Crippen molar-refractivity contribution in [3.63, 3.8) is 0 Å². The highest BCUT2D eigenvalue weighted by atomic mass is 32.2. The van der Waals surface area contributed by atoms with Gasteiger partial charge in [0.15, 0.2) is 5.65 Å². The van der Waals surface area contributed by atoms with Crippen molar-refractivity contribution in [3.05, 3.63) is 77.0 Å². The number of sulfonamides is 1. The number of hydrogen-bond acceptors (Lipinski definition) is 6. The fraction of sp³-hybridized carbons (Fsp3) is 0.393. The van der Waals surface area contributed by atoms with Crippen LogP contribution in [0.2, 0.25) is 0 Å². The van der Waals surface area contributed by atoms with E-state index in [0.717, 1.165) is 24.1 Å². The number of aromatic nitrogens is 4. The average molecular weight is 536 g/mol. The lowest BCUT2D eigenvalue weighted by Gasteiger charge is -2.31. The van der Waals surface area contributed by atoms with Gasteiger partial charge in [-0.1, -0.05) is 39.0 Å². The summed E-state index contributed by atoms with van der Waals surface area (Å²) in [6.45, 7) is 7.62. The molecule has 38 heavy (non-hydrogen) atoms. The van der Waals surface area contributed by atoms with Gasteiger partial charge in [0, 0.05) is 44.4 Å². The van der Waals surface area contributed by atoms with Gasteiger partial charge in [0.05, 0.1) is 11.7 Å². The largest absolute Gasteiger partial charge is 0.439 e. The van der Waals surface area contributed by atoms with Crippen LogP contribution in [0, 0.1) is 5.41 Å². The van der Waals surface area contributed by atoms with E-state index in [1.165, 1.54) is 16.6 Å². The number of hydrogen-bond donors (Lipinski definition) is 0. The number of para-hydroxylation sites is 1. The maximum absolute atomic E-state index is 13.5. The highest BCUT2D eigenvalue weighted by Crippen LogP contribution is 2.31. The molecule has 1 unspecified atom stereocenters. The minimum atomic E-state index is -3.74.